The van der Waals surface area contributed by atoms with Crippen LogP contribution in [0.1, 0.15) is 33.6 Å². The second-order valence-electron chi connectivity index (χ2n) is 5.42. The van der Waals surface area contributed by atoms with Crippen molar-refractivity contribution >= 4 is 17.9 Å². The van der Waals surface area contributed by atoms with Gasteiger partial charge in [-0.25, -0.2) is 4.79 Å². The Morgan fingerprint density at radius 2 is 1.67 bits per heavy atom. The van der Waals surface area contributed by atoms with Gasteiger partial charge in [0.05, 0.1) is 6.42 Å². The molecule has 122 valence electrons. The van der Waals surface area contributed by atoms with Gasteiger partial charge < -0.3 is 19.8 Å². The zero-order valence-electron chi connectivity index (χ0n) is 13.6. The van der Waals surface area contributed by atoms with E-state index in [4.69, 9.17) is 5.11 Å². The quantitative estimate of drug-likeness (QED) is 0.727. The van der Waals surface area contributed by atoms with Crippen LogP contribution in [-0.4, -0.2) is 77.5 Å². The number of carboxylic acids is 1. The van der Waals surface area contributed by atoms with Gasteiger partial charge in [-0.2, -0.15) is 0 Å². The molecule has 0 fully saturated rings. The molecule has 21 heavy (non-hydrogen) atoms. The van der Waals surface area contributed by atoms with E-state index in [9.17, 15) is 14.4 Å². The molecule has 0 aliphatic heterocycles. The summed E-state index contributed by atoms with van der Waals surface area (Å²) in [6.45, 7) is 6.21. The Labute approximate surface area is 126 Å². The molecule has 0 aromatic rings. The van der Waals surface area contributed by atoms with Crippen molar-refractivity contribution in [3.05, 3.63) is 0 Å². The number of likely N-dealkylation sites (N-methyl/N-ethyl adjacent to an activating group) is 1. The van der Waals surface area contributed by atoms with E-state index in [0.29, 0.717) is 6.54 Å². The molecule has 1 N–H and O–H groups in total. The van der Waals surface area contributed by atoms with E-state index in [-0.39, 0.29) is 37.5 Å². The van der Waals surface area contributed by atoms with E-state index >= 15 is 0 Å². The highest BCUT2D eigenvalue weighted by Gasteiger charge is 2.25. The normalized spacial score (nSPS) is 10.4. The number of urea groups is 1. The van der Waals surface area contributed by atoms with Crippen molar-refractivity contribution in [1.29, 1.82) is 0 Å². The van der Waals surface area contributed by atoms with Gasteiger partial charge >= 0.3 is 12.0 Å². The summed E-state index contributed by atoms with van der Waals surface area (Å²) in [5.74, 6) is -1.10. The third-order valence-electron chi connectivity index (χ3n) is 3.02. The first-order chi connectivity index (χ1) is 9.70. The topological polar surface area (TPSA) is 81.2 Å². The molecule has 0 heterocycles. The summed E-state index contributed by atoms with van der Waals surface area (Å²) in [6.07, 6.45) is 0.628. The molecule has 0 aromatic heterocycles. The van der Waals surface area contributed by atoms with Crippen LogP contribution in [0.2, 0.25) is 0 Å². The van der Waals surface area contributed by atoms with Crippen molar-refractivity contribution in [3.63, 3.8) is 0 Å². The first-order valence-corrected chi connectivity index (χ1v) is 7.18. The molecule has 0 aliphatic carbocycles. The molecule has 0 radical (unpaired) electrons. The molecule has 0 unspecified atom stereocenters. The molecule has 7 heteroatoms. The van der Waals surface area contributed by atoms with Gasteiger partial charge in [0, 0.05) is 33.2 Å². The first kappa shape index (κ1) is 19.2. The summed E-state index contributed by atoms with van der Waals surface area (Å²) in [5, 5.41) is 8.77. The van der Waals surface area contributed by atoms with Gasteiger partial charge in [0.1, 0.15) is 6.54 Å². The summed E-state index contributed by atoms with van der Waals surface area (Å²) >= 11 is 0. The van der Waals surface area contributed by atoms with E-state index in [0.717, 1.165) is 6.42 Å². The minimum atomic E-state index is -0.945. The number of nitrogens with zero attached hydrogens (tertiary/aromatic N) is 3. The predicted octanol–water partition coefficient (Wildman–Crippen LogP) is 1.09. The van der Waals surface area contributed by atoms with Crippen molar-refractivity contribution in [2.75, 3.05) is 33.7 Å². The Morgan fingerprint density at radius 3 is 2.05 bits per heavy atom. The number of aliphatic carboxylic acids is 1. The summed E-state index contributed by atoms with van der Waals surface area (Å²) in [4.78, 5) is 39.4. The molecule has 0 aromatic carbocycles. The minimum Gasteiger partial charge on any atom is -0.481 e. The Kier molecular flexibility index (Phi) is 8.42. The highest BCUT2D eigenvalue weighted by molar-refractivity contribution is 5.84. The van der Waals surface area contributed by atoms with Gasteiger partial charge in [-0.1, -0.05) is 6.92 Å². The van der Waals surface area contributed by atoms with Gasteiger partial charge in [0.25, 0.3) is 0 Å². The summed E-state index contributed by atoms with van der Waals surface area (Å²) < 4.78 is 0. The number of carbonyl (C=O) groups is 3. The number of rotatable bonds is 8. The van der Waals surface area contributed by atoms with E-state index in [1.165, 1.54) is 14.7 Å². The van der Waals surface area contributed by atoms with E-state index in [1.807, 2.05) is 20.8 Å². The van der Waals surface area contributed by atoms with Gasteiger partial charge in [-0.05, 0) is 20.3 Å². The molecule has 0 saturated heterocycles. The van der Waals surface area contributed by atoms with Gasteiger partial charge in [-0.3, -0.25) is 9.59 Å². The van der Waals surface area contributed by atoms with Crippen molar-refractivity contribution in [2.45, 2.75) is 39.7 Å². The van der Waals surface area contributed by atoms with Crippen molar-refractivity contribution in [3.8, 4) is 0 Å². The van der Waals surface area contributed by atoms with E-state index in [2.05, 4.69) is 0 Å². The van der Waals surface area contributed by atoms with E-state index < -0.39 is 5.97 Å². The molecule has 0 spiro atoms. The Bertz CT molecular complexity index is 369. The van der Waals surface area contributed by atoms with E-state index in [1.54, 1.807) is 14.1 Å². The van der Waals surface area contributed by atoms with Crippen LogP contribution in [0.3, 0.4) is 0 Å². The van der Waals surface area contributed by atoms with Gasteiger partial charge in [-0.15, -0.1) is 0 Å². The molecule has 0 atom stereocenters. The maximum Gasteiger partial charge on any atom is 0.320 e. The zero-order chi connectivity index (χ0) is 16.6. The highest BCUT2D eigenvalue weighted by atomic mass is 16.4. The summed E-state index contributed by atoms with van der Waals surface area (Å²) in [5.41, 5.74) is 0. The second kappa shape index (κ2) is 9.20. The lowest BCUT2D eigenvalue weighted by Crippen LogP contribution is -2.50. The fourth-order valence-corrected chi connectivity index (χ4v) is 1.79. The zero-order valence-corrected chi connectivity index (χ0v) is 13.6. The van der Waals surface area contributed by atoms with Crippen LogP contribution < -0.4 is 0 Å². The standard InChI is InChI=1S/C14H27N3O4/c1-6-8-16(10-12(18)15(4)5)14(21)17(11(2)3)9-7-13(19)20/h11H,6-10H2,1-5H3,(H,19,20). The lowest BCUT2D eigenvalue weighted by atomic mass is 10.3. The molecule has 7 nitrogen and oxygen atoms in total. The number of hydrogen-bond acceptors (Lipinski definition) is 3. The Hall–Kier alpha value is -1.79. The smallest absolute Gasteiger partial charge is 0.320 e. The summed E-state index contributed by atoms with van der Waals surface area (Å²) in [6, 6.07) is -0.408. The predicted molar refractivity (Wildman–Crippen MR) is 80.0 cm³/mol. The number of carboxylic acid groups (broad SMARTS) is 1. The Morgan fingerprint density at radius 1 is 1.10 bits per heavy atom. The maximum atomic E-state index is 12.5. The Balaban J connectivity index is 4.94. The average Bonchev–Trinajstić information content (AvgIpc) is 2.37. The van der Waals surface area contributed by atoms with Crippen LogP contribution in [0, 0.1) is 0 Å². The second-order valence-corrected chi connectivity index (χ2v) is 5.42. The maximum absolute atomic E-state index is 12.5. The van der Waals surface area contributed by atoms with Crippen LogP contribution in [0.4, 0.5) is 4.79 Å². The highest BCUT2D eigenvalue weighted by Crippen LogP contribution is 2.07. The SMILES string of the molecule is CCCN(CC(=O)N(C)C)C(=O)N(CCC(=O)O)C(C)C. The molecule has 0 saturated carbocycles. The monoisotopic (exact) mass is 301 g/mol. The van der Waals surface area contributed by atoms with Crippen molar-refractivity contribution in [1.82, 2.24) is 14.7 Å². The third kappa shape index (κ3) is 6.97. The fourth-order valence-electron chi connectivity index (χ4n) is 1.79. The van der Waals surface area contributed by atoms with Gasteiger partial charge in [0.15, 0.2) is 0 Å². The molecular formula is C14H27N3O4. The van der Waals surface area contributed by atoms with Crippen molar-refractivity contribution < 1.29 is 19.5 Å². The van der Waals surface area contributed by atoms with Crippen LogP contribution in [0.15, 0.2) is 0 Å². The molecule has 0 bridgehead atoms. The fraction of sp³-hybridized carbons (Fsp3) is 0.786. The van der Waals surface area contributed by atoms with Crippen molar-refractivity contribution in [2.24, 2.45) is 0 Å². The third-order valence-corrected chi connectivity index (χ3v) is 3.02. The molecule has 0 aliphatic rings. The number of amides is 3. The largest absolute Gasteiger partial charge is 0.481 e. The molecule has 0 rings (SSSR count). The van der Waals surface area contributed by atoms with Crippen LogP contribution >= 0.6 is 0 Å². The summed E-state index contributed by atoms with van der Waals surface area (Å²) in [7, 11) is 3.28. The lowest BCUT2D eigenvalue weighted by molar-refractivity contribution is -0.137. The molecule has 3 amide bonds. The first-order valence-electron chi connectivity index (χ1n) is 7.18. The minimum absolute atomic E-state index is 0.00989. The molecular weight excluding hydrogens is 274 g/mol. The lowest BCUT2D eigenvalue weighted by Gasteiger charge is -2.33. The van der Waals surface area contributed by atoms with Crippen LogP contribution in [-0.2, 0) is 9.59 Å². The number of hydrogen-bond donors (Lipinski definition) is 1. The van der Waals surface area contributed by atoms with Crippen LogP contribution in [0.25, 0.3) is 0 Å². The van der Waals surface area contributed by atoms with Gasteiger partial charge in [0.2, 0.25) is 5.91 Å². The average molecular weight is 301 g/mol. The number of carbonyl (C=O) groups excluding carboxylic acids is 2. The van der Waals surface area contributed by atoms with Crippen LogP contribution in [0.5, 0.6) is 0 Å².